The number of carbonyl (C=O) groups excluding carboxylic acids is 1. The van der Waals surface area contributed by atoms with Crippen LogP contribution >= 0.6 is 0 Å². The minimum absolute atomic E-state index is 0.212. The van der Waals surface area contributed by atoms with E-state index in [0.29, 0.717) is 28.9 Å². The second-order valence-corrected chi connectivity index (χ2v) is 7.18. The lowest BCUT2D eigenvalue weighted by Crippen LogP contribution is -2.49. The predicted octanol–water partition coefficient (Wildman–Crippen LogP) is 3.10. The van der Waals surface area contributed by atoms with E-state index in [0.717, 1.165) is 10.9 Å². The first-order valence-electron chi connectivity index (χ1n) is 9.31. The van der Waals surface area contributed by atoms with E-state index in [1.54, 1.807) is 39.8 Å². The lowest BCUT2D eigenvalue weighted by atomic mass is 9.99. The van der Waals surface area contributed by atoms with Crippen LogP contribution in [0, 0.1) is 26.7 Å². The molecule has 0 spiro atoms. The summed E-state index contributed by atoms with van der Waals surface area (Å²) in [5, 5.41) is 12.7. The molecule has 152 valence electrons. The van der Waals surface area contributed by atoms with Crippen molar-refractivity contribution in [2.75, 3.05) is 0 Å². The Labute approximate surface area is 163 Å². The van der Waals surface area contributed by atoms with Crippen molar-refractivity contribution in [3.8, 4) is 5.75 Å². The molecule has 7 heteroatoms. The van der Waals surface area contributed by atoms with Crippen LogP contribution in [0.15, 0.2) is 21.3 Å². The third kappa shape index (κ3) is 4.18. The lowest BCUT2D eigenvalue weighted by Gasteiger charge is -2.23. The maximum absolute atomic E-state index is 12.4. The minimum atomic E-state index is -1.08. The Balaban J connectivity index is 2.27. The van der Waals surface area contributed by atoms with Gasteiger partial charge in [0.2, 0.25) is 0 Å². The molecule has 1 amide bonds. The molecule has 0 bridgehead atoms. The molecule has 0 aliphatic rings. The molecular weight excluding hydrogens is 362 g/mol. The highest BCUT2D eigenvalue weighted by atomic mass is 16.5. The topological polar surface area (TPSA) is 106 Å². The Hall–Kier alpha value is -2.83. The van der Waals surface area contributed by atoms with Crippen molar-refractivity contribution in [3.05, 3.63) is 39.2 Å². The van der Waals surface area contributed by atoms with Gasteiger partial charge in [-0.2, -0.15) is 0 Å². The summed E-state index contributed by atoms with van der Waals surface area (Å²) >= 11 is 0. The average Bonchev–Trinajstić information content (AvgIpc) is 2.65. The Bertz CT molecular complexity index is 962. The van der Waals surface area contributed by atoms with Crippen molar-refractivity contribution in [3.63, 3.8) is 0 Å². The van der Waals surface area contributed by atoms with Gasteiger partial charge in [-0.15, -0.1) is 0 Å². The molecule has 1 heterocycles. The molecule has 0 fully saturated rings. The molecule has 7 nitrogen and oxygen atoms in total. The van der Waals surface area contributed by atoms with Crippen LogP contribution in [0.2, 0.25) is 0 Å². The van der Waals surface area contributed by atoms with Crippen LogP contribution in [0.4, 0.5) is 0 Å². The quantitative estimate of drug-likeness (QED) is 0.705. The number of carboxylic acids is 1. The van der Waals surface area contributed by atoms with Gasteiger partial charge in [-0.1, -0.05) is 20.3 Å². The van der Waals surface area contributed by atoms with Gasteiger partial charge >= 0.3 is 11.6 Å². The molecule has 1 aromatic carbocycles. The first kappa shape index (κ1) is 21.5. The van der Waals surface area contributed by atoms with Gasteiger partial charge in [-0.3, -0.25) is 4.79 Å². The Morgan fingerprint density at radius 2 is 1.79 bits per heavy atom. The number of rotatable bonds is 7. The number of aliphatic carboxylic acids is 1. The predicted molar refractivity (Wildman–Crippen MR) is 106 cm³/mol. The SMILES string of the molecule is CC[C@@H](C)[C@@H](NC(=O)[C@@H](C)Oc1ccc2c(C)c(C)c(=O)oc2c1C)C(=O)O. The first-order valence-corrected chi connectivity index (χ1v) is 9.31. The summed E-state index contributed by atoms with van der Waals surface area (Å²) < 4.78 is 11.2. The van der Waals surface area contributed by atoms with Gasteiger partial charge in [0.25, 0.3) is 5.91 Å². The summed E-state index contributed by atoms with van der Waals surface area (Å²) in [4.78, 5) is 35.8. The Morgan fingerprint density at radius 1 is 1.14 bits per heavy atom. The standard InChI is InChI=1S/C21H27NO6/c1-7-10(2)17(20(24)25)22-19(23)14(6)27-16-9-8-15-11(3)12(4)21(26)28-18(15)13(16)5/h8-10,14,17H,7H2,1-6H3,(H,22,23)(H,24,25)/t10-,14-,17-/m1/s1. The van der Waals surface area contributed by atoms with Crippen LogP contribution in [0.1, 0.15) is 43.9 Å². The molecule has 2 rings (SSSR count). The molecule has 0 saturated heterocycles. The fraction of sp³-hybridized carbons (Fsp3) is 0.476. The molecule has 1 aromatic heterocycles. The van der Waals surface area contributed by atoms with Crippen LogP contribution in [-0.2, 0) is 9.59 Å². The summed E-state index contributed by atoms with van der Waals surface area (Å²) in [6, 6.07) is 2.52. The van der Waals surface area contributed by atoms with E-state index in [1.807, 2.05) is 13.8 Å². The van der Waals surface area contributed by atoms with Crippen LogP contribution < -0.4 is 15.7 Å². The summed E-state index contributed by atoms with van der Waals surface area (Å²) in [6.45, 7) is 10.5. The second-order valence-electron chi connectivity index (χ2n) is 7.18. The number of fused-ring (bicyclic) bond motifs is 1. The maximum atomic E-state index is 12.4. The molecule has 0 radical (unpaired) electrons. The molecular formula is C21H27NO6. The molecule has 28 heavy (non-hydrogen) atoms. The third-order valence-electron chi connectivity index (χ3n) is 5.27. The van der Waals surface area contributed by atoms with E-state index in [-0.39, 0.29) is 5.92 Å². The monoisotopic (exact) mass is 389 g/mol. The van der Waals surface area contributed by atoms with Gasteiger partial charge in [-0.25, -0.2) is 9.59 Å². The number of benzene rings is 1. The smallest absolute Gasteiger partial charge is 0.339 e. The molecule has 0 aliphatic carbocycles. The zero-order valence-corrected chi connectivity index (χ0v) is 17.1. The highest BCUT2D eigenvalue weighted by molar-refractivity contribution is 5.87. The van der Waals surface area contributed by atoms with E-state index in [4.69, 9.17) is 9.15 Å². The first-order chi connectivity index (χ1) is 13.1. The van der Waals surface area contributed by atoms with Crippen LogP contribution in [-0.4, -0.2) is 29.1 Å². The second kappa shape index (κ2) is 8.46. The van der Waals surface area contributed by atoms with Gasteiger partial charge < -0.3 is 19.6 Å². The van der Waals surface area contributed by atoms with Crippen molar-refractivity contribution in [2.24, 2.45) is 5.92 Å². The summed E-state index contributed by atoms with van der Waals surface area (Å²) in [5.41, 5.74) is 2.01. The van der Waals surface area contributed by atoms with Gasteiger partial charge in [0.05, 0.1) is 0 Å². The molecule has 2 N–H and O–H groups in total. The van der Waals surface area contributed by atoms with E-state index in [9.17, 15) is 19.5 Å². The Morgan fingerprint density at radius 3 is 2.36 bits per heavy atom. The lowest BCUT2D eigenvalue weighted by molar-refractivity contribution is -0.144. The van der Waals surface area contributed by atoms with Crippen molar-refractivity contribution in [2.45, 2.75) is 60.1 Å². The number of nitrogens with one attached hydrogen (secondary N) is 1. The molecule has 3 atom stereocenters. The zero-order chi connectivity index (χ0) is 21.2. The Kier molecular flexibility index (Phi) is 6.48. The fourth-order valence-electron chi connectivity index (χ4n) is 2.95. The summed E-state index contributed by atoms with van der Waals surface area (Å²) in [7, 11) is 0. The van der Waals surface area contributed by atoms with Crippen LogP contribution in [0.5, 0.6) is 5.75 Å². The van der Waals surface area contributed by atoms with Gasteiger partial charge in [-0.05, 0) is 51.3 Å². The molecule has 0 unspecified atom stereocenters. The number of amides is 1. The molecule has 0 saturated carbocycles. The van der Waals surface area contributed by atoms with E-state index in [1.165, 1.54) is 0 Å². The maximum Gasteiger partial charge on any atom is 0.339 e. The minimum Gasteiger partial charge on any atom is -0.480 e. The number of carbonyl (C=O) groups is 2. The average molecular weight is 389 g/mol. The summed E-state index contributed by atoms with van der Waals surface area (Å²) in [6.07, 6.45) is -0.297. The van der Waals surface area contributed by atoms with Crippen molar-refractivity contribution >= 4 is 22.8 Å². The zero-order valence-electron chi connectivity index (χ0n) is 17.1. The van der Waals surface area contributed by atoms with Crippen molar-refractivity contribution in [1.82, 2.24) is 5.32 Å². The third-order valence-corrected chi connectivity index (χ3v) is 5.27. The van der Waals surface area contributed by atoms with Gasteiger partial charge in [0.15, 0.2) is 6.10 Å². The van der Waals surface area contributed by atoms with Gasteiger partial charge in [0, 0.05) is 16.5 Å². The number of ether oxygens (including phenoxy) is 1. The molecule has 0 aliphatic heterocycles. The van der Waals surface area contributed by atoms with Gasteiger partial charge in [0.1, 0.15) is 17.4 Å². The van der Waals surface area contributed by atoms with Crippen molar-refractivity contribution < 1.29 is 23.8 Å². The number of aryl methyl sites for hydroxylation is 2. The number of hydrogen-bond acceptors (Lipinski definition) is 5. The fourth-order valence-corrected chi connectivity index (χ4v) is 2.95. The van der Waals surface area contributed by atoms with Crippen LogP contribution in [0.25, 0.3) is 11.0 Å². The number of carboxylic acid groups (broad SMARTS) is 1. The number of hydrogen-bond donors (Lipinski definition) is 2. The highest BCUT2D eigenvalue weighted by Crippen LogP contribution is 2.29. The van der Waals surface area contributed by atoms with E-state index < -0.39 is 29.6 Å². The highest BCUT2D eigenvalue weighted by Gasteiger charge is 2.28. The van der Waals surface area contributed by atoms with E-state index in [2.05, 4.69) is 5.32 Å². The largest absolute Gasteiger partial charge is 0.480 e. The molecule has 2 aromatic rings. The van der Waals surface area contributed by atoms with E-state index >= 15 is 0 Å². The van der Waals surface area contributed by atoms with Crippen LogP contribution in [0.3, 0.4) is 0 Å². The van der Waals surface area contributed by atoms with Crippen molar-refractivity contribution in [1.29, 1.82) is 0 Å². The normalized spacial score (nSPS) is 14.4. The summed E-state index contributed by atoms with van der Waals surface area (Å²) in [5.74, 6) is -1.41.